The van der Waals surface area contributed by atoms with Gasteiger partial charge in [0.25, 0.3) is 0 Å². The van der Waals surface area contributed by atoms with Crippen molar-refractivity contribution in [2.75, 3.05) is 33.4 Å². The van der Waals surface area contributed by atoms with Crippen molar-refractivity contribution in [1.82, 2.24) is 4.90 Å². The van der Waals surface area contributed by atoms with Crippen LogP contribution < -0.4 is 0 Å². The van der Waals surface area contributed by atoms with Gasteiger partial charge < -0.3 is 9.47 Å². The third-order valence-electron chi connectivity index (χ3n) is 2.81. The minimum absolute atomic E-state index is 0.164. The Balaban J connectivity index is 2.38. The summed E-state index contributed by atoms with van der Waals surface area (Å²) >= 11 is 0. The molecule has 0 aromatic heterocycles. The highest BCUT2D eigenvalue weighted by molar-refractivity contribution is 5.71. The molecule has 4 heteroatoms. The lowest BCUT2D eigenvalue weighted by Gasteiger charge is -2.27. The number of rotatable bonds is 5. The maximum Gasteiger partial charge on any atom is 0.319 e. The molecule has 1 saturated heterocycles. The highest BCUT2D eigenvalue weighted by Gasteiger charge is 2.22. The van der Waals surface area contributed by atoms with Gasteiger partial charge in [0, 0.05) is 19.2 Å². The summed E-state index contributed by atoms with van der Waals surface area (Å²) in [5.41, 5.74) is 0. The number of ether oxygens (including phenoxy) is 2. The molecule has 1 fully saturated rings. The molecule has 88 valence electrons. The second-order valence-electron chi connectivity index (χ2n) is 4.33. The highest BCUT2D eigenvalue weighted by atomic mass is 16.5. The van der Waals surface area contributed by atoms with E-state index in [9.17, 15) is 4.79 Å². The summed E-state index contributed by atoms with van der Waals surface area (Å²) in [4.78, 5) is 13.3. The summed E-state index contributed by atoms with van der Waals surface area (Å²) in [5.74, 6) is 0.402. The lowest BCUT2D eigenvalue weighted by Crippen LogP contribution is -2.39. The SMILES string of the molecule is COC(=O)CN(CC1CCOC1)C(C)C. The van der Waals surface area contributed by atoms with Crippen LogP contribution in [0.3, 0.4) is 0 Å². The lowest BCUT2D eigenvalue weighted by molar-refractivity contribution is -0.142. The molecule has 0 bridgehead atoms. The zero-order chi connectivity index (χ0) is 11.3. The maximum absolute atomic E-state index is 11.2. The first kappa shape index (κ1) is 12.5. The van der Waals surface area contributed by atoms with Gasteiger partial charge in [-0.1, -0.05) is 0 Å². The van der Waals surface area contributed by atoms with Crippen molar-refractivity contribution < 1.29 is 14.3 Å². The van der Waals surface area contributed by atoms with Gasteiger partial charge in [0.05, 0.1) is 20.3 Å². The summed E-state index contributed by atoms with van der Waals surface area (Å²) in [6, 6.07) is 0.365. The topological polar surface area (TPSA) is 38.8 Å². The largest absolute Gasteiger partial charge is 0.468 e. The van der Waals surface area contributed by atoms with E-state index in [0.717, 1.165) is 26.2 Å². The Bertz CT molecular complexity index is 200. The van der Waals surface area contributed by atoms with Crippen LogP contribution in [0.5, 0.6) is 0 Å². The number of carbonyl (C=O) groups excluding carboxylic acids is 1. The number of hydrogen-bond donors (Lipinski definition) is 0. The van der Waals surface area contributed by atoms with Gasteiger partial charge in [-0.2, -0.15) is 0 Å². The molecule has 0 aromatic carbocycles. The molecule has 0 amide bonds. The number of nitrogens with zero attached hydrogens (tertiary/aromatic N) is 1. The molecule has 1 unspecified atom stereocenters. The van der Waals surface area contributed by atoms with E-state index in [1.807, 2.05) is 0 Å². The number of esters is 1. The van der Waals surface area contributed by atoms with Crippen LogP contribution in [-0.4, -0.2) is 50.3 Å². The Labute approximate surface area is 91.5 Å². The number of hydrogen-bond acceptors (Lipinski definition) is 4. The van der Waals surface area contributed by atoms with Gasteiger partial charge >= 0.3 is 5.97 Å². The van der Waals surface area contributed by atoms with E-state index in [0.29, 0.717) is 18.5 Å². The van der Waals surface area contributed by atoms with Crippen LogP contribution in [0.25, 0.3) is 0 Å². The molecule has 1 heterocycles. The Morgan fingerprint density at radius 3 is 2.80 bits per heavy atom. The first-order valence-corrected chi connectivity index (χ1v) is 5.52. The molecule has 0 saturated carbocycles. The fraction of sp³-hybridized carbons (Fsp3) is 0.909. The first-order chi connectivity index (χ1) is 7.13. The van der Waals surface area contributed by atoms with Crippen LogP contribution in [-0.2, 0) is 14.3 Å². The van der Waals surface area contributed by atoms with Crippen molar-refractivity contribution >= 4 is 5.97 Å². The predicted molar refractivity (Wildman–Crippen MR) is 57.7 cm³/mol. The van der Waals surface area contributed by atoms with Crippen LogP contribution in [0.4, 0.5) is 0 Å². The average molecular weight is 215 g/mol. The van der Waals surface area contributed by atoms with Gasteiger partial charge in [0.15, 0.2) is 0 Å². The van der Waals surface area contributed by atoms with E-state index < -0.39 is 0 Å². The maximum atomic E-state index is 11.2. The van der Waals surface area contributed by atoms with Gasteiger partial charge in [0.1, 0.15) is 0 Å². The molecule has 0 radical (unpaired) electrons. The van der Waals surface area contributed by atoms with Crippen LogP contribution in [0, 0.1) is 5.92 Å². The van der Waals surface area contributed by atoms with Crippen molar-refractivity contribution in [3.8, 4) is 0 Å². The molecule has 0 spiro atoms. The minimum atomic E-state index is -0.164. The van der Waals surface area contributed by atoms with Crippen molar-refractivity contribution in [3.05, 3.63) is 0 Å². The molecule has 1 aliphatic heterocycles. The summed E-state index contributed by atoms with van der Waals surface area (Å²) in [5, 5.41) is 0. The van der Waals surface area contributed by atoms with Crippen LogP contribution in [0.1, 0.15) is 20.3 Å². The molecule has 0 N–H and O–H groups in total. The smallest absolute Gasteiger partial charge is 0.319 e. The average Bonchev–Trinajstić information content (AvgIpc) is 2.69. The molecule has 0 aromatic rings. The van der Waals surface area contributed by atoms with Crippen LogP contribution >= 0.6 is 0 Å². The Morgan fingerprint density at radius 1 is 1.60 bits per heavy atom. The molecule has 0 aliphatic carbocycles. The summed E-state index contributed by atoms with van der Waals surface area (Å²) < 4.78 is 10.0. The quantitative estimate of drug-likeness (QED) is 0.639. The Morgan fingerprint density at radius 2 is 2.33 bits per heavy atom. The third-order valence-corrected chi connectivity index (χ3v) is 2.81. The van der Waals surface area contributed by atoms with Gasteiger partial charge in [-0.05, 0) is 26.2 Å². The predicted octanol–water partition coefficient (Wildman–Crippen LogP) is 0.906. The molecule has 1 rings (SSSR count). The standard InChI is InChI=1S/C11H21NO3/c1-9(2)12(7-11(13)14-3)6-10-4-5-15-8-10/h9-10H,4-8H2,1-3H3. The second-order valence-corrected chi connectivity index (χ2v) is 4.33. The Kier molecular flexibility index (Phi) is 5.05. The summed E-state index contributed by atoms with van der Waals surface area (Å²) in [6.45, 7) is 7.17. The fourth-order valence-electron chi connectivity index (χ4n) is 1.75. The normalized spacial score (nSPS) is 21.3. The second kappa shape index (κ2) is 6.08. The monoisotopic (exact) mass is 215 g/mol. The van der Waals surface area contributed by atoms with Crippen molar-refractivity contribution in [2.45, 2.75) is 26.3 Å². The summed E-state index contributed by atoms with van der Waals surface area (Å²) in [6.07, 6.45) is 1.10. The van der Waals surface area contributed by atoms with Gasteiger partial charge in [-0.3, -0.25) is 9.69 Å². The fourth-order valence-corrected chi connectivity index (χ4v) is 1.75. The van der Waals surface area contributed by atoms with Crippen molar-refractivity contribution in [1.29, 1.82) is 0 Å². The zero-order valence-electron chi connectivity index (χ0n) is 9.86. The van der Waals surface area contributed by atoms with Crippen LogP contribution in [0.2, 0.25) is 0 Å². The number of methoxy groups -OCH3 is 1. The van der Waals surface area contributed by atoms with E-state index in [1.54, 1.807) is 0 Å². The van der Waals surface area contributed by atoms with E-state index in [1.165, 1.54) is 7.11 Å². The van der Waals surface area contributed by atoms with Crippen molar-refractivity contribution in [2.24, 2.45) is 5.92 Å². The molecular formula is C11H21NO3. The molecular weight excluding hydrogens is 194 g/mol. The van der Waals surface area contributed by atoms with Crippen LogP contribution in [0.15, 0.2) is 0 Å². The Hall–Kier alpha value is -0.610. The molecule has 15 heavy (non-hydrogen) atoms. The number of carbonyl (C=O) groups is 1. The van der Waals surface area contributed by atoms with Crippen molar-refractivity contribution in [3.63, 3.8) is 0 Å². The van der Waals surface area contributed by atoms with E-state index >= 15 is 0 Å². The van der Waals surface area contributed by atoms with Gasteiger partial charge in [-0.25, -0.2) is 0 Å². The lowest BCUT2D eigenvalue weighted by atomic mass is 10.1. The molecule has 1 atom stereocenters. The minimum Gasteiger partial charge on any atom is -0.468 e. The molecule has 4 nitrogen and oxygen atoms in total. The first-order valence-electron chi connectivity index (χ1n) is 5.52. The molecule has 1 aliphatic rings. The highest BCUT2D eigenvalue weighted by Crippen LogP contribution is 2.15. The third kappa shape index (κ3) is 4.18. The van der Waals surface area contributed by atoms with Gasteiger partial charge in [0.2, 0.25) is 0 Å². The van der Waals surface area contributed by atoms with Gasteiger partial charge in [-0.15, -0.1) is 0 Å². The van der Waals surface area contributed by atoms with E-state index in [-0.39, 0.29) is 5.97 Å². The summed E-state index contributed by atoms with van der Waals surface area (Å²) in [7, 11) is 1.43. The zero-order valence-corrected chi connectivity index (χ0v) is 9.86. The van der Waals surface area contributed by atoms with E-state index in [2.05, 4.69) is 23.5 Å². The van der Waals surface area contributed by atoms with E-state index in [4.69, 9.17) is 4.74 Å².